The van der Waals surface area contributed by atoms with E-state index >= 15 is 0 Å². The SMILES string of the molecule is CCC1CN(c2ccc(C(C)NC)c(O)c2)CCS1. The molecule has 1 aliphatic heterocycles. The molecule has 106 valence electrons. The highest BCUT2D eigenvalue weighted by molar-refractivity contribution is 8.00. The molecule has 0 bridgehead atoms. The number of hydrogen-bond donors (Lipinski definition) is 2. The average molecular weight is 280 g/mol. The third kappa shape index (κ3) is 3.37. The number of phenolic OH excluding ortho intramolecular Hbond substituents is 1. The molecule has 4 heteroatoms. The van der Waals surface area contributed by atoms with Gasteiger partial charge in [-0.3, -0.25) is 0 Å². The molecule has 0 radical (unpaired) electrons. The minimum absolute atomic E-state index is 0.175. The lowest BCUT2D eigenvalue weighted by molar-refractivity contribution is 0.457. The number of hydrogen-bond acceptors (Lipinski definition) is 4. The molecule has 2 unspecified atom stereocenters. The minimum Gasteiger partial charge on any atom is -0.508 e. The second-order valence-electron chi connectivity index (χ2n) is 5.10. The summed E-state index contributed by atoms with van der Waals surface area (Å²) in [4.78, 5) is 2.39. The van der Waals surface area contributed by atoms with E-state index < -0.39 is 0 Å². The van der Waals surface area contributed by atoms with Crippen molar-refractivity contribution in [3.8, 4) is 5.75 Å². The number of rotatable bonds is 4. The van der Waals surface area contributed by atoms with Crippen molar-refractivity contribution in [2.24, 2.45) is 0 Å². The molecule has 1 fully saturated rings. The predicted molar refractivity (Wildman–Crippen MR) is 84.3 cm³/mol. The van der Waals surface area contributed by atoms with E-state index in [0.717, 1.165) is 24.3 Å². The zero-order valence-electron chi connectivity index (χ0n) is 12.0. The molecule has 1 aromatic carbocycles. The fraction of sp³-hybridized carbons (Fsp3) is 0.600. The standard InChI is InChI=1S/C15H24N2OS/c1-4-13-10-17(7-8-19-13)12-5-6-14(11(2)16-3)15(18)9-12/h5-6,9,11,13,16,18H,4,7-8,10H2,1-3H3. The molecule has 2 rings (SSSR count). The van der Waals surface area contributed by atoms with E-state index in [1.807, 2.05) is 19.2 Å². The van der Waals surface area contributed by atoms with Crippen molar-refractivity contribution in [2.75, 3.05) is 30.8 Å². The van der Waals surface area contributed by atoms with Gasteiger partial charge in [0.25, 0.3) is 0 Å². The molecule has 3 nitrogen and oxygen atoms in total. The normalized spacial score (nSPS) is 21.4. The maximum Gasteiger partial charge on any atom is 0.122 e. The van der Waals surface area contributed by atoms with Gasteiger partial charge in [0.05, 0.1) is 0 Å². The van der Waals surface area contributed by atoms with Gasteiger partial charge in [-0.15, -0.1) is 0 Å². The Morgan fingerprint density at radius 1 is 1.53 bits per heavy atom. The molecule has 2 atom stereocenters. The van der Waals surface area contributed by atoms with Crippen LogP contribution in [0.4, 0.5) is 5.69 Å². The van der Waals surface area contributed by atoms with Crippen LogP contribution in [0, 0.1) is 0 Å². The van der Waals surface area contributed by atoms with Crippen LogP contribution in [0.1, 0.15) is 31.9 Å². The molecule has 1 aliphatic rings. The summed E-state index contributed by atoms with van der Waals surface area (Å²) in [5.41, 5.74) is 2.10. The first kappa shape index (κ1) is 14.5. The molecule has 0 spiro atoms. The number of nitrogens with one attached hydrogen (secondary N) is 1. The van der Waals surface area contributed by atoms with Crippen LogP contribution < -0.4 is 10.2 Å². The Kier molecular flexibility index (Phi) is 4.99. The second-order valence-corrected chi connectivity index (χ2v) is 6.51. The zero-order chi connectivity index (χ0) is 13.8. The number of aromatic hydroxyl groups is 1. The molecule has 1 saturated heterocycles. The van der Waals surface area contributed by atoms with Crippen LogP contribution in [0.25, 0.3) is 0 Å². The van der Waals surface area contributed by atoms with E-state index in [9.17, 15) is 5.11 Å². The van der Waals surface area contributed by atoms with E-state index in [0.29, 0.717) is 11.0 Å². The summed E-state index contributed by atoms with van der Waals surface area (Å²) >= 11 is 2.06. The summed E-state index contributed by atoms with van der Waals surface area (Å²) < 4.78 is 0. The zero-order valence-corrected chi connectivity index (χ0v) is 12.8. The average Bonchev–Trinajstić information content (AvgIpc) is 2.46. The van der Waals surface area contributed by atoms with Crippen molar-refractivity contribution in [1.82, 2.24) is 5.32 Å². The number of nitrogens with zero attached hydrogens (tertiary/aromatic N) is 1. The fourth-order valence-corrected chi connectivity index (χ4v) is 3.63. The molecule has 0 aliphatic carbocycles. The van der Waals surface area contributed by atoms with Crippen LogP contribution in [-0.2, 0) is 0 Å². The molecule has 1 aromatic rings. The topological polar surface area (TPSA) is 35.5 Å². The highest BCUT2D eigenvalue weighted by Gasteiger charge is 2.20. The van der Waals surface area contributed by atoms with E-state index in [4.69, 9.17) is 0 Å². The largest absolute Gasteiger partial charge is 0.508 e. The summed E-state index contributed by atoms with van der Waals surface area (Å²) in [7, 11) is 1.91. The minimum atomic E-state index is 0.175. The van der Waals surface area contributed by atoms with Crippen LogP contribution in [0.15, 0.2) is 18.2 Å². The second kappa shape index (κ2) is 6.53. The molecular formula is C15H24N2OS. The Morgan fingerprint density at radius 3 is 2.95 bits per heavy atom. The van der Waals surface area contributed by atoms with E-state index in [2.05, 4.69) is 41.9 Å². The molecule has 0 saturated carbocycles. The number of phenols is 1. The first-order chi connectivity index (χ1) is 9.15. The Bertz CT molecular complexity index is 425. The van der Waals surface area contributed by atoms with Crippen molar-refractivity contribution < 1.29 is 5.11 Å². The lowest BCUT2D eigenvalue weighted by Crippen LogP contribution is -2.37. The van der Waals surface area contributed by atoms with Crippen LogP contribution in [0.5, 0.6) is 5.75 Å². The third-order valence-electron chi connectivity index (χ3n) is 3.87. The van der Waals surface area contributed by atoms with Gasteiger partial charge >= 0.3 is 0 Å². The van der Waals surface area contributed by atoms with Crippen molar-refractivity contribution in [2.45, 2.75) is 31.6 Å². The Hall–Kier alpha value is -0.870. The van der Waals surface area contributed by atoms with E-state index in [1.165, 1.54) is 12.2 Å². The summed E-state index contributed by atoms with van der Waals surface area (Å²) in [5.74, 6) is 1.57. The molecule has 19 heavy (non-hydrogen) atoms. The van der Waals surface area contributed by atoms with Gasteiger partial charge in [0.1, 0.15) is 5.75 Å². The fourth-order valence-electron chi connectivity index (χ4n) is 2.45. The third-order valence-corrected chi connectivity index (χ3v) is 5.24. The first-order valence-corrected chi connectivity index (χ1v) is 8.07. The summed E-state index contributed by atoms with van der Waals surface area (Å²) in [6, 6.07) is 6.25. The molecular weight excluding hydrogens is 256 g/mol. The van der Waals surface area contributed by atoms with Crippen molar-refractivity contribution in [3.63, 3.8) is 0 Å². The van der Waals surface area contributed by atoms with Gasteiger partial charge in [-0.05, 0) is 26.5 Å². The Labute approximate surface area is 120 Å². The van der Waals surface area contributed by atoms with Gasteiger partial charge in [0.2, 0.25) is 0 Å². The number of anilines is 1. The van der Waals surface area contributed by atoms with Crippen LogP contribution in [0.2, 0.25) is 0 Å². The van der Waals surface area contributed by atoms with Gasteiger partial charge in [0.15, 0.2) is 0 Å². The van der Waals surface area contributed by atoms with E-state index in [1.54, 1.807) is 0 Å². The lowest BCUT2D eigenvalue weighted by Gasteiger charge is -2.34. The molecule has 0 amide bonds. The summed E-state index contributed by atoms with van der Waals surface area (Å²) in [6.45, 7) is 6.46. The first-order valence-electron chi connectivity index (χ1n) is 7.02. The Morgan fingerprint density at radius 2 is 2.32 bits per heavy atom. The quantitative estimate of drug-likeness (QED) is 0.889. The predicted octanol–water partition coefficient (Wildman–Crippen LogP) is 3.00. The summed E-state index contributed by atoms with van der Waals surface area (Å²) in [5, 5.41) is 14.0. The number of thioether (sulfide) groups is 1. The molecule has 1 heterocycles. The summed E-state index contributed by atoms with van der Waals surface area (Å²) in [6.07, 6.45) is 1.21. The smallest absolute Gasteiger partial charge is 0.122 e. The van der Waals surface area contributed by atoms with Crippen LogP contribution in [-0.4, -0.2) is 36.2 Å². The molecule has 0 aromatic heterocycles. The van der Waals surface area contributed by atoms with Crippen molar-refractivity contribution in [1.29, 1.82) is 0 Å². The Balaban J connectivity index is 2.15. The van der Waals surface area contributed by atoms with E-state index in [-0.39, 0.29) is 6.04 Å². The van der Waals surface area contributed by atoms with Crippen LogP contribution >= 0.6 is 11.8 Å². The maximum absolute atomic E-state index is 10.2. The van der Waals surface area contributed by atoms with Gasteiger partial charge in [-0.1, -0.05) is 13.0 Å². The van der Waals surface area contributed by atoms with Crippen LogP contribution in [0.3, 0.4) is 0 Å². The van der Waals surface area contributed by atoms with Gasteiger partial charge in [-0.2, -0.15) is 11.8 Å². The van der Waals surface area contributed by atoms with Gasteiger partial charge in [0, 0.05) is 47.5 Å². The van der Waals surface area contributed by atoms with Gasteiger partial charge < -0.3 is 15.3 Å². The van der Waals surface area contributed by atoms with Crippen molar-refractivity contribution >= 4 is 17.4 Å². The maximum atomic E-state index is 10.2. The number of benzene rings is 1. The molecule has 2 N–H and O–H groups in total. The highest BCUT2D eigenvalue weighted by atomic mass is 32.2. The van der Waals surface area contributed by atoms with Crippen molar-refractivity contribution in [3.05, 3.63) is 23.8 Å². The lowest BCUT2D eigenvalue weighted by atomic mass is 10.1. The monoisotopic (exact) mass is 280 g/mol. The van der Waals surface area contributed by atoms with Gasteiger partial charge in [-0.25, -0.2) is 0 Å². The highest BCUT2D eigenvalue weighted by Crippen LogP contribution is 2.31.